The van der Waals surface area contributed by atoms with E-state index in [2.05, 4.69) is 16.4 Å². The van der Waals surface area contributed by atoms with Crippen molar-refractivity contribution in [2.45, 2.75) is 13.1 Å². The zero-order chi connectivity index (χ0) is 8.55. The molecule has 0 N–H and O–H groups in total. The van der Waals surface area contributed by atoms with Crippen molar-refractivity contribution in [2.75, 3.05) is 0 Å². The Kier molecular flexibility index (Phi) is 1.57. The Morgan fingerprint density at radius 1 is 1.58 bits per heavy atom. The van der Waals surface area contributed by atoms with E-state index in [1.165, 1.54) is 6.07 Å². The monoisotopic (exact) mass is 162 g/mol. The van der Waals surface area contributed by atoms with Crippen LogP contribution < -0.4 is 15.9 Å². The zero-order valence-corrected chi connectivity index (χ0v) is 6.58. The molecule has 1 aliphatic rings. The van der Waals surface area contributed by atoms with Crippen molar-refractivity contribution in [1.29, 1.82) is 0 Å². The van der Waals surface area contributed by atoms with Gasteiger partial charge in [-0.05, 0) is 13.0 Å². The Morgan fingerprint density at radius 3 is 3.25 bits per heavy atom. The third kappa shape index (κ3) is 1.18. The molecule has 2 rings (SSSR count). The molecule has 12 heavy (non-hydrogen) atoms. The summed E-state index contributed by atoms with van der Waals surface area (Å²) in [5.74, 6) is -0.375. The van der Waals surface area contributed by atoms with Crippen molar-refractivity contribution in [3.8, 4) is 0 Å². The van der Waals surface area contributed by atoms with Gasteiger partial charge in [0.1, 0.15) is 12.0 Å². The van der Waals surface area contributed by atoms with E-state index in [1.54, 1.807) is 12.3 Å². The first-order chi connectivity index (χ1) is 5.75. The van der Waals surface area contributed by atoms with E-state index in [1.807, 2.05) is 6.92 Å². The molecule has 0 bridgehead atoms. The summed E-state index contributed by atoms with van der Waals surface area (Å²) in [5, 5.41) is 5.56. The normalized spacial score (nSPS) is 20.0. The summed E-state index contributed by atoms with van der Waals surface area (Å²) in [5.41, 5.74) is 0. The van der Waals surface area contributed by atoms with Gasteiger partial charge in [-0.15, -0.1) is 0 Å². The van der Waals surface area contributed by atoms with Crippen LogP contribution in [0.25, 0.3) is 6.20 Å². The maximum Gasteiger partial charge on any atom is 0.137 e. The van der Waals surface area contributed by atoms with Crippen molar-refractivity contribution in [1.82, 2.24) is 5.32 Å². The Labute approximate surface area is 69.4 Å². The van der Waals surface area contributed by atoms with Gasteiger partial charge in [0.05, 0.1) is 5.36 Å². The quantitative estimate of drug-likeness (QED) is 0.511. The largest absolute Gasteiger partial charge is 0.266 e. The van der Waals surface area contributed by atoms with Crippen LogP contribution >= 0.6 is 0 Å². The highest BCUT2D eigenvalue weighted by Crippen LogP contribution is 1.90. The molecule has 60 valence electrons. The van der Waals surface area contributed by atoms with Gasteiger partial charge in [0.25, 0.3) is 0 Å². The molecule has 0 aromatic heterocycles. The SMILES string of the molecule is CC1[N]C=c2c[c]c(F)cc2=N1. The second-order valence-corrected chi connectivity index (χ2v) is 2.66. The van der Waals surface area contributed by atoms with Gasteiger partial charge in [-0.3, -0.25) is 10.3 Å². The average molecular weight is 162 g/mol. The van der Waals surface area contributed by atoms with Crippen LogP contribution in [0.2, 0.25) is 0 Å². The van der Waals surface area contributed by atoms with E-state index in [0.717, 1.165) is 5.22 Å². The van der Waals surface area contributed by atoms with Crippen molar-refractivity contribution in [3.63, 3.8) is 0 Å². The first-order valence-electron chi connectivity index (χ1n) is 3.71. The number of rotatable bonds is 0. The lowest BCUT2D eigenvalue weighted by atomic mass is 10.2. The van der Waals surface area contributed by atoms with Crippen molar-refractivity contribution < 1.29 is 4.39 Å². The fourth-order valence-corrected chi connectivity index (χ4v) is 1.10. The van der Waals surface area contributed by atoms with E-state index in [0.29, 0.717) is 5.36 Å². The summed E-state index contributed by atoms with van der Waals surface area (Å²) in [4.78, 5) is 4.15. The van der Waals surface area contributed by atoms with Crippen molar-refractivity contribution in [3.05, 3.63) is 34.6 Å². The molecule has 1 aromatic rings. The minimum atomic E-state index is -0.375. The lowest BCUT2D eigenvalue weighted by molar-refractivity contribution is 0.613. The highest BCUT2D eigenvalue weighted by atomic mass is 19.1. The molecule has 3 heteroatoms. The first-order valence-corrected chi connectivity index (χ1v) is 3.71. The minimum Gasteiger partial charge on any atom is -0.266 e. The van der Waals surface area contributed by atoms with Crippen LogP contribution in [0.3, 0.4) is 0 Å². The molecule has 1 unspecified atom stereocenters. The van der Waals surface area contributed by atoms with Gasteiger partial charge >= 0.3 is 0 Å². The van der Waals surface area contributed by atoms with Gasteiger partial charge in [-0.1, -0.05) is 0 Å². The Bertz CT molecular complexity index is 411. The van der Waals surface area contributed by atoms with Crippen LogP contribution in [-0.4, -0.2) is 6.17 Å². The number of fused-ring (bicyclic) bond motifs is 1. The second-order valence-electron chi connectivity index (χ2n) is 2.66. The van der Waals surface area contributed by atoms with E-state index >= 15 is 0 Å². The smallest absolute Gasteiger partial charge is 0.137 e. The molecule has 1 atom stereocenters. The van der Waals surface area contributed by atoms with Gasteiger partial charge in [0, 0.05) is 23.6 Å². The highest BCUT2D eigenvalue weighted by molar-refractivity contribution is 5.23. The van der Waals surface area contributed by atoms with E-state index < -0.39 is 0 Å². The summed E-state index contributed by atoms with van der Waals surface area (Å²) in [6.45, 7) is 1.86. The number of hydrogen-bond donors (Lipinski definition) is 0. The third-order valence-corrected chi connectivity index (χ3v) is 1.68. The van der Waals surface area contributed by atoms with Crippen LogP contribution in [0.1, 0.15) is 6.92 Å². The van der Waals surface area contributed by atoms with Crippen molar-refractivity contribution >= 4 is 6.20 Å². The van der Waals surface area contributed by atoms with Gasteiger partial charge in [-0.2, -0.15) is 0 Å². The van der Waals surface area contributed by atoms with Gasteiger partial charge < -0.3 is 0 Å². The van der Waals surface area contributed by atoms with Crippen LogP contribution in [0.5, 0.6) is 0 Å². The lowest BCUT2D eigenvalue weighted by Gasteiger charge is -2.06. The average Bonchev–Trinajstić information content (AvgIpc) is 2.03. The zero-order valence-electron chi connectivity index (χ0n) is 6.58. The van der Waals surface area contributed by atoms with Crippen LogP contribution in [0.4, 0.5) is 4.39 Å². The molecule has 0 amide bonds. The molecular weight excluding hydrogens is 155 g/mol. The molecule has 1 aliphatic heterocycles. The number of nitrogens with zero attached hydrogens (tertiary/aromatic N) is 2. The summed E-state index contributed by atoms with van der Waals surface area (Å²) in [6, 6.07) is 5.39. The highest BCUT2D eigenvalue weighted by Gasteiger charge is 2.02. The van der Waals surface area contributed by atoms with Gasteiger partial charge in [0.2, 0.25) is 0 Å². The second kappa shape index (κ2) is 2.59. The number of halogens is 1. The van der Waals surface area contributed by atoms with Gasteiger partial charge in [-0.25, -0.2) is 4.39 Å². The molecule has 1 aromatic carbocycles. The topological polar surface area (TPSA) is 26.5 Å². The summed E-state index contributed by atoms with van der Waals surface area (Å²) < 4.78 is 12.7. The molecule has 2 radical (unpaired) electrons. The molecule has 0 aliphatic carbocycles. The maximum atomic E-state index is 12.7. The summed E-state index contributed by atoms with van der Waals surface area (Å²) in [7, 11) is 0. The third-order valence-electron chi connectivity index (χ3n) is 1.68. The molecule has 0 spiro atoms. The fraction of sp³-hybridized carbons (Fsp3) is 0.222. The van der Waals surface area contributed by atoms with E-state index in [9.17, 15) is 4.39 Å². The number of hydrogen-bond acceptors (Lipinski definition) is 1. The molecule has 0 saturated heterocycles. The predicted octanol–water partition coefficient (Wildman–Crippen LogP) is -0.0525. The molecule has 0 fully saturated rings. The van der Waals surface area contributed by atoms with Gasteiger partial charge in [0.15, 0.2) is 0 Å². The summed E-state index contributed by atoms with van der Waals surface area (Å²) >= 11 is 0. The fourth-order valence-electron chi connectivity index (χ4n) is 1.10. The van der Waals surface area contributed by atoms with Crippen LogP contribution in [0, 0.1) is 11.9 Å². The van der Waals surface area contributed by atoms with E-state index in [-0.39, 0.29) is 12.0 Å². The molecule has 0 saturated carbocycles. The first kappa shape index (κ1) is 7.28. The molecule has 1 heterocycles. The maximum absolute atomic E-state index is 12.7. The minimum absolute atomic E-state index is 0.0979. The Morgan fingerprint density at radius 2 is 2.42 bits per heavy atom. The standard InChI is InChI=1S/C9H7FN2/c1-6-11-5-7-2-3-8(10)4-9(7)12-6/h2,4-6H,1H3. The lowest BCUT2D eigenvalue weighted by Crippen LogP contribution is -2.34. The van der Waals surface area contributed by atoms with Crippen LogP contribution in [0.15, 0.2) is 17.1 Å². The Hall–Kier alpha value is -1.38. The molecule has 2 nitrogen and oxygen atoms in total. The predicted molar refractivity (Wildman–Crippen MR) is 42.1 cm³/mol. The number of benzene rings is 1. The van der Waals surface area contributed by atoms with Crippen molar-refractivity contribution in [2.24, 2.45) is 4.99 Å². The van der Waals surface area contributed by atoms with Crippen LogP contribution in [-0.2, 0) is 0 Å². The van der Waals surface area contributed by atoms with E-state index in [4.69, 9.17) is 0 Å². The Balaban J connectivity index is 2.72. The summed E-state index contributed by atoms with van der Waals surface area (Å²) in [6.07, 6.45) is 1.60. The molecular formula is C9H7FN2.